The number of imidazole rings is 1. The van der Waals surface area contributed by atoms with Crippen LogP contribution in [0.1, 0.15) is 43.6 Å². The quantitative estimate of drug-likeness (QED) is 0.877. The molecule has 132 valence electrons. The Morgan fingerprint density at radius 1 is 1.33 bits per heavy atom. The smallest absolute Gasteiger partial charge is 0.357 e. The Hall–Kier alpha value is -2.25. The number of rotatable bonds is 6. The van der Waals surface area contributed by atoms with E-state index >= 15 is 0 Å². The highest BCUT2D eigenvalue weighted by Gasteiger charge is 2.42. The lowest BCUT2D eigenvalue weighted by Crippen LogP contribution is -2.38. The zero-order chi connectivity index (χ0) is 17.9. The molecule has 1 N–H and O–H groups in total. The van der Waals surface area contributed by atoms with Crippen LogP contribution in [0.25, 0.3) is 0 Å². The summed E-state index contributed by atoms with van der Waals surface area (Å²) in [6.07, 6.45) is 1.62. The molecule has 0 radical (unpaired) electrons. The Kier molecular flexibility index (Phi) is 5.36. The van der Waals surface area contributed by atoms with Gasteiger partial charge < -0.3 is 14.5 Å². The largest absolute Gasteiger partial charge is 0.412 e. The molecule has 0 bridgehead atoms. The molecule has 0 aliphatic rings. The molecule has 0 spiro atoms. The number of halogens is 3. The van der Waals surface area contributed by atoms with Crippen LogP contribution >= 0.6 is 0 Å². The van der Waals surface area contributed by atoms with E-state index in [9.17, 15) is 18.0 Å². The Balaban J connectivity index is 2.02. The highest BCUT2D eigenvalue weighted by Crippen LogP contribution is 2.32. The van der Waals surface area contributed by atoms with Gasteiger partial charge in [-0.05, 0) is 6.07 Å². The van der Waals surface area contributed by atoms with E-state index in [0.29, 0.717) is 6.54 Å². The van der Waals surface area contributed by atoms with Gasteiger partial charge in [-0.1, -0.05) is 13.8 Å². The van der Waals surface area contributed by atoms with Gasteiger partial charge in [-0.3, -0.25) is 4.79 Å². The van der Waals surface area contributed by atoms with Crippen LogP contribution in [0.2, 0.25) is 0 Å². The van der Waals surface area contributed by atoms with Gasteiger partial charge in [0.15, 0.2) is 6.04 Å². The van der Waals surface area contributed by atoms with Gasteiger partial charge in [0.1, 0.15) is 5.82 Å². The van der Waals surface area contributed by atoms with Crippen molar-refractivity contribution in [2.24, 2.45) is 7.05 Å². The van der Waals surface area contributed by atoms with Gasteiger partial charge in [0, 0.05) is 56.3 Å². The van der Waals surface area contributed by atoms with Crippen molar-refractivity contribution < 1.29 is 18.0 Å². The number of aromatic nitrogens is 3. The number of aryl methyl sites for hydroxylation is 2. The van der Waals surface area contributed by atoms with E-state index in [-0.39, 0.29) is 17.9 Å². The molecule has 1 amide bonds. The first-order chi connectivity index (χ1) is 11.2. The lowest BCUT2D eigenvalue weighted by molar-refractivity contribution is -0.163. The monoisotopic (exact) mass is 342 g/mol. The first-order valence-electron chi connectivity index (χ1n) is 7.67. The molecule has 0 aliphatic carbocycles. The predicted octanol–water partition coefficient (Wildman–Crippen LogP) is 3.15. The summed E-state index contributed by atoms with van der Waals surface area (Å²) < 4.78 is 43.0. The fourth-order valence-corrected chi connectivity index (χ4v) is 2.52. The lowest BCUT2D eigenvalue weighted by atomic mass is 10.1. The van der Waals surface area contributed by atoms with Crippen molar-refractivity contribution >= 4 is 5.91 Å². The van der Waals surface area contributed by atoms with E-state index in [1.54, 1.807) is 24.0 Å². The van der Waals surface area contributed by atoms with Crippen molar-refractivity contribution in [3.05, 3.63) is 42.2 Å². The molecule has 2 aromatic rings. The summed E-state index contributed by atoms with van der Waals surface area (Å²) in [6, 6.07) is -0.649. The summed E-state index contributed by atoms with van der Waals surface area (Å²) >= 11 is 0. The predicted molar refractivity (Wildman–Crippen MR) is 83.3 cm³/mol. The lowest BCUT2D eigenvalue weighted by Gasteiger charge is -2.21. The standard InChI is InChI=1S/C16H21F3N4O/c1-11(2)15-20-6-9-23(15)8-5-13(24)21-14(16(17,18)19)12-4-7-22(3)10-12/h4,6-7,9-11,14H,5,8H2,1-3H3,(H,21,24). The Morgan fingerprint density at radius 3 is 2.58 bits per heavy atom. The average Bonchev–Trinajstić information content (AvgIpc) is 3.10. The molecule has 5 nitrogen and oxygen atoms in total. The molecule has 0 saturated heterocycles. The number of hydrogen-bond donors (Lipinski definition) is 1. The second kappa shape index (κ2) is 7.11. The highest BCUT2D eigenvalue weighted by molar-refractivity contribution is 5.76. The molecule has 0 aliphatic heterocycles. The van der Waals surface area contributed by atoms with Crippen molar-refractivity contribution in [2.45, 2.75) is 44.9 Å². The van der Waals surface area contributed by atoms with E-state index < -0.39 is 18.1 Å². The van der Waals surface area contributed by atoms with Crippen LogP contribution in [0.5, 0.6) is 0 Å². The molecular weight excluding hydrogens is 321 g/mol. The third kappa shape index (κ3) is 4.39. The summed E-state index contributed by atoms with van der Waals surface area (Å²) in [6.45, 7) is 4.22. The number of amides is 1. The molecule has 0 saturated carbocycles. The van der Waals surface area contributed by atoms with Gasteiger partial charge in [0.2, 0.25) is 5.91 Å². The van der Waals surface area contributed by atoms with Gasteiger partial charge in [0.05, 0.1) is 0 Å². The van der Waals surface area contributed by atoms with Gasteiger partial charge in [-0.2, -0.15) is 13.2 Å². The number of nitrogens with zero attached hydrogens (tertiary/aromatic N) is 3. The van der Waals surface area contributed by atoms with Crippen LogP contribution in [0.15, 0.2) is 30.9 Å². The van der Waals surface area contributed by atoms with Crippen molar-refractivity contribution in [3.63, 3.8) is 0 Å². The second-order valence-electron chi connectivity index (χ2n) is 6.04. The van der Waals surface area contributed by atoms with Crippen molar-refractivity contribution in [1.82, 2.24) is 19.4 Å². The van der Waals surface area contributed by atoms with E-state index in [2.05, 4.69) is 10.3 Å². The third-order valence-corrected chi connectivity index (χ3v) is 3.66. The van der Waals surface area contributed by atoms with E-state index in [1.807, 2.05) is 13.8 Å². The Labute approximate surface area is 138 Å². The second-order valence-corrected chi connectivity index (χ2v) is 6.04. The fourth-order valence-electron chi connectivity index (χ4n) is 2.52. The maximum absolute atomic E-state index is 13.2. The van der Waals surface area contributed by atoms with Crippen LogP contribution in [0.3, 0.4) is 0 Å². The average molecular weight is 342 g/mol. The molecule has 0 fully saturated rings. The van der Waals surface area contributed by atoms with Crippen molar-refractivity contribution in [3.8, 4) is 0 Å². The molecule has 1 unspecified atom stereocenters. The molecule has 2 aromatic heterocycles. The van der Waals surface area contributed by atoms with Crippen LogP contribution in [-0.2, 0) is 18.4 Å². The Morgan fingerprint density at radius 2 is 2.04 bits per heavy atom. The summed E-state index contributed by atoms with van der Waals surface area (Å²) in [5.74, 6) is 0.332. The van der Waals surface area contributed by atoms with Crippen LogP contribution in [0, 0.1) is 0 Å². The van der Waals surface area contributed by atoms with Crippen LogP contribution < -0.4 is 5.32 Å². The summed E-state index contributed by atoms with van der Waals surface area (Å²) in [7, 11) is 1.63. The van der Waals surface area contributed by atoms with Crippen LogP contribution in [-0.4, -0.2) is 26.2 Å². The van der Waals surface area contributed by atoms with Crippen LogP contribution in [0.4, 0.5) is 13.2 Å². The van der Waals surface area contributed by atoms with Crippen molar-refractivity contribution in [2.75, 3.05) is 0 Å². The van der Waals surface area contributed by atoms with Gasteiger partial charge >= 0.3 is 6.18 Å². The summed E-state index contributed by atoms with van der Waals surface area (Å²) in [4.78, 5) is 16.2. The minimum absolute atomic E-state index is 0.0175. The molecule has 2 heterocycles. The summed E-state index contributed by atoms with van der Waals surface area (Å²) in [5.41, 5.74) is 0.0175. The van der Waals surface area contributed by atoms with E-state index in [4.69, 9.17) is 0 Å². The first kappa shape index (κ1) is 18.1. The zero-order valence-corrected chi connectivity index (χ0v) is 13.8. The highest BCUT2D eigenvalue weighted by atomic mass is 19.4. The fraction of sp³-hybridized carbons (Fsp3) is 0.500. The van der Waals surface area contributed by atoms with Crippen molar-refractivity contribution in [1.29, 1.82) is 0 Å². The van der Waals surface area contributed by atoms with Gasteiger partial charge in [-0.25, -0.2) is 4.98 Å². The zero-order valence-electron chi connectivity index (χ0n) is 13.8. The normalized spacial score (nSPS) is 13.3. The molecular formula is C16H21F3N4O. The molecule has 8 heteroatoms. The molecule has 24 heavy (non-hydrogen) atoms. The van der Waals surface area contributed by atoms with E-state index in [1.165, 1.54) is 23.0 Å². The first-order valence-corrected chi connectivity index (χ1v) is 7.67. The third-order valence-electron chi connectivity index (χ3n) is 3.66. The number of carbonyl (C=O) groups excluding carboxylic acids is 1. The minimum atomic E-state index is -4.55. The maximum Gasteiger partial charge on any atom is 0.412 e. The number of nitrogens with one attached hydrogen (secondary N) is 1. The maximum atomic E-state index is 13.2. The minimum Gasteiger partial charge on any atom is -0.357 e. The number of carbonyl (C=O) groups is 1. The summed E-state index contributed by atoms with van der Waals surface area (Å²) in [5, 5.41) is 2.09. The molecule has 1 atom stereocenters. The van der Waals surface area contributed by atoms with Gasteiger partial charge in [0.25, 0.3) is 0 Å². The molecule has 0 aromatic carbocycles. The van der Waals surface area contributed by atoms with E-state index in [0.717, 1.165) is 5.82 Å². The number of hydrogen-bond acceptors (Lipinski definition) is 2. The SMILES string of the molecule is CC(C)c1nccn1CCC(=O)NC(c1ccn(C)c1)C(F)(F)F. The topological polar surface area (TPSA) is 51.9 Å². The molecule has 2 rings (SSSR count). The van der Waals surface area contributed by atoms with Gasteiger partial charge in [-0.15, -0.1) is 0 Å². The number of alkyl halides is 3. The Bertz CT molecular complexity index is 688.